The Morgan fingerprint density at radius 1 is 1.35 bits per heavy atom. The molecule has 3 aromatic rings. The lowest BCUT2D eigenvalue weighted by Gasteiger charge is -2.02. The molecule has 0 radical (unpaired) electrons. The number of nitrogens with one attached hydrogen (secondary N) is 1. The number of nitrogens with zero attached hydrogens (tertiary/aromatic N) is 4. The molecule has 0 fully saturated rings. The molecule has 0 unspecified atom stereocenters. The van der Waals surface area contributed by atoms with Crippen LogP contribution < -0.4 is 10.1 Å². The number of benzene rings is 1. The van der Waals surface area contributed by atoms with Gasteiger partial charge < -0.3 is 10.1 Å². The Hall–Kier alpha value is -2.74. The van der Waals surface area contributed by atoms with E-state index in [9.17, 15) is 4.79 Å². The van der Waals surface area contributed by atoms with E-state index in [-0.39, 0.29) is 12.5 Å². The number of hydrogen-bond donors (Lipinski definition) is 1. The first-order chi connectivity index (χ1) is 11.2. The van der Waals surface area contributed by atoms with Gasteiger partial charge >= 0.3 is 0 Å². The molecule has 0 bridgehead atoms. The van der Waals surface area contributed by atoms with E-state index in [0.29, 0.717) is 5.13 Å². The Bertz CT molecular complexity index is 796. The molecule has 1 amide bonds. The van der Waals surface area contributed by atoms with Crippen molar-refractivity contribution in [2.45, 2.75) is 13.5 Å². The average molecular weight is 329 g/mol. The minimum absolute atomic E-state index is 0.108. The lowest BCUT2D eigenvalue weighted by Crippen LogP contribution is -2.18. The largest absolute Gasteiger partial charge is 0.497 e. The third-order valence-corrected chi connectivity index (χ3v) is 4.06. The number of aryl methyl sites for hydroxylation is 1. The van der Waals surface area contributed by atoms with Crippen LogP contribution in [0.1, 0.15) is 4.88 Å². The van der Waals surface area contributed by atoms with E-state index in [1.54, 1.807) is 7.11 Å². The highest BCUT2D eigenvalue weighted by atomic mass is 32.1. The van der Waals surface area contributed by atoms with Gasteiger partial charge in [0.2, 0.25) is 5.91 Å². The number of aromatic nitrogens is 4. The molecule has 1 N–H and O–H groups in total. The predicted octanol–water partition coefficient (Wildman–Crippen LogP) is 2.36. The molecule has 0 aliphatic heterocycles. The van der Waals surface area contributed by atoms with Gasteiger partial charge in [-0.05, 0) is 31.2 Å². The number of carbonyl (C=O) groups excluding carboxylic acids is 1. The molecule has 118 valence electrons. The number of hydrogen-bond acceptors (Lipinski definition) is 6. The summed E-state index contributed by atoms with van der Waals surface area (Å²) in [5, 5.41) is 7.26. The van der Waals surface area contributed by atoms with Crippen molar-refractivity contribution in [3.63, 3.8) is 0 Å². The molecule has 2 aromatic heterocycles. The lowest BCUT2D eigenvalue weighted by molar-refractivity contribution is -0.116. The maximum Gasteiger partial charge on any atom is 0.247 e. The number of anilines is 1. The molecular weight excluding hydrogens is 314 g/mol. The SMILES string of the molecule is COc1ccc(-c2nc(NC(=O)Cn3cncn3)sc2C)cc1. The van der Waals surface area contributed by atoms with Gasteiger partial charge in [0.25, 0.3) is 0 Å². The van der Waals surface area contributed by atoms with Gasteiger partial charge in [0.05, 0.1) is 12.8 Å². The van der Waals surface area contributed by atoms with Gasteiger partial charge in [0.1, 0.15) is 24.9 Å². The van der Waals surface area contributed by atoms with Crippen molar-refractivity contribution in [2.24, 2.45) is 0 Å². The van der Waals surface area contributed by atoms with Gasteiger partial charge in [-0.15, -0.1) is 11.3 Å². The topological polar surface area (TPSA) is 81.9 Å². The molecular formula is C15H15N5O2S. The normalized spacial score (nSPS) is 10.5. The Morgan fingerprint density at radius 2 is 2.13 bits per heavy atom. The monoisotopic (exact) mass is 329 g/mol. The van der Waals surface area contributed by atoms with Crippen molar-refractivity contribution in [2.75, 3.05) is 12.4 Å². The summed E-state index contributed by atoms with van der Waals surface area (Å²) in [5.41, 5.74) is 1.84. The summed E-state index contributed by atoms with van der Waals surface area (Å²) in [6, 6.07) is 7.66. The van der Waals surface area contributed by atoms with E-state index in [2.05, 4.69) is 20.4 Å². The lowest BCUT2D eigenvalue weighted by atomic mass is 10.1. The van der Waals surface area contributed by atoms with Crippen molar-refractivity contribution in [3.8, 4) is 17.0 Å². The van der Waals surface area contributed by atoms with Crippen LogP contribution in [0.4, 0.5) is 5.13 Å². The van der Waals surface area contributed by atoms with Crippen molar-refractivity contribution < 1.29 is 9.53 Å². The van der Waals surface area contributed by atoms with E-state index in [1.165, 1.54) is 28.7 Å². The first-order valence-electron chi connectivity index (χ1n) is 6.90. The second-order valence-electron chi connectivity index (χ2n) is 4.79. The number of carbonyl (C=O) groups is 1. The number of thiazole rings is 1. The zero-order chi connectivity index (χ0) is 16.2. The maximum atomic E-state index is 12.0. The van der Waals surface area contributed by atoms with Crippen molar-refractivity contribution in [3.05, 3.63) is 41.8 Å². The fourth-order valence-electron chi connectivity index (χ4n) is 2.09. The van der Waals surface area contributed by atoms with Crippen molar-refractivity contribution in [1.82, 2.24) is 19.7 Å². The molecule has 0 aliphatic rings. The first kappa shape index (κ1) is 15.2. The Labute approximate surface area is 137 Å². The van der Waals surface area contributed by atoms with Crippen LogP contribution in [0.5, 0.6) is 5.75 Å². The van der Waals surface area contributed by atoms with Gasteiger partial charge in [-0.3, -0.25) is 4.79 Å². The average Bonchev–Trinajstić information content (AvgIpc) is 3.17. The molecule has 8 heteroatoms. The molecule has 0 saturated carbocycles. The summed E-state index contributed by atoms with van der Waals surface area (Å²) in [5.74, 6) is 0.605. The molecule has 0 aliphatic carbocycles. The molecule has 7 nitrogen and oxygen atoms in total. The number of amides is 1. The third kappa shape index (κ3) is 3.54. The minimum atomic E-state index is -0.189. The number of rotatable bonds is 5. The van der Waals surface area contributed by atoms with Gasteiger partial charge in [0, 0.05) is 10.4 Å². The fraction of sp³-hybridized carbons (Fsp3) is 0.200. The van der Waals surface area contributed by atoms with E-state index in [0.717, 1.165) is 21.9 Å². The molecule has 1 aromatic carbocycles. The highest BCUT2D eigenvalue weighted by Gasteiger charge is 2.12. The van der Waals surface area contributed by atoms with Crippen LogP contribution in [0.2, 0.25) is 0 Å². The van der Waals surface area contributed by atoms with E-state index in [4.69, 9.17) is 4.74 Å². The van der Waals surface area contributed by atoms with E-state index in [1.807, 2.05) is 31.2 Å². The summed E-state index contributed by atoms with van der Waals surface area (Å²) in [7, 11) is 1.63. The summed E-state index contributed by atoms with van der Waals surface area (Å²) >= 11 is 1.44. The van der Waals surface area contributed by atoms with Crippen LogP contribution in [0, 0.1) is 6.92 Å². The van der Waals surface area contributed by atoms with Crippen LogP contribution >= 0.6 is 11.3 Å². The van der Waals surface area contributed by atoms with Crippen LogP contribution in [0.15, 0.2) is 36.9 Å². The highest BCUT2D eigenvalue weighted by Crippen LogP contribution is 2.31. The van der Waals surface area contributed by atoms with Gasteiger partial charge in [0.15, 0.2) is 5.13 Å². The predicted molar refractivity (Wildman–Crippen MR) is 87.5 cm³/mol. The van der Waals surface area contributed by atoms with Gasteiger partial charge in [-0.2, -0.15) is 5.10 Å². The number of ether oxygens (including phenoxy) is 1. The maximum absolute atomic E-state index is 12.0. The third-order valence-electron chi connectivity index (χ3n) is 3.18. The zero-order valence-electron chi connectivity index (χ0n) is 12.7. The molecule has 0 atom stereocenters. The first-order valence-corrected chi connectivity index (χ1v) is 7.71. The van der Waals surface area contributed by atoms with Crippen LogP contribution in [0.3, 0.4) is 0 Å². The van der Waals surface area contributed by atoms with Gasteiger partial charge in [-0.25, -0.2) is 14.6 Å². The van der Waals surface area contributed by atoms with Crippen molar-refractivity contribution >= 4 is 22.4 Å². The summed E-state index contributed by atoms with van der Waals surface area (Å²) in [6.45, 7) is 2.08. The zero-order valence-corrected chi connectivity index (χ0v) is 13.5. The van der Waals surface area contributed by atoms with Gasteiger partial charge in [-0.1, -0.05) is 0 Å². The smallest absolute Gasteiger partial charge is 0.247 e. The second-order valence-corrected chi connectivity index (χ2v) is 6.00. The summed E-state index contributed by atoms with van der Waals surface area (Å²) in [6.07, 6.45) is 2.89. The van der Waals surface area contributed by atoms with Crippen LogP contribution in [0.25, 0.3) is 11.3 Å². The van der Waals surface area contributed by atoms with E-state index < -0.39 is 0 Å². The summed E-state index contributed by atoms with van der Waals surface area (Å²) in [4.78, 5) is 21.3. The molecule has 0 spiro atoms. The molecule has 0 saturated heterocycles. The second kappa shape index (κ2) is 6.57. The standard InChI is InChI=1S/C15H15N5O2S/c1-10-14(11-3-5-12(22-2)6-4-11)19-15(23-10)18-13(21)7-20-9-16-8-17-20/h3-6,8-9H,7H2,1-2H3,(H,18,19,21). The Morgan fingerprint density at radius 3 is 2.78 bits per heavy atom. The Balaban J connectivity index is 1.73. The highest BCUT2D eigenvalue weighted by molar-refractivity contribution is 7.16. The molecule has 3 rings (SSSR count). The van der Waals surface area contributed by atoms with E-state index >= 15 is 0 Å². The Kier molecular flexibility index (Phi) is 4.33. The van der Waals surface area contributed by atoms with Crippen LogP contribution in [-0.2, 0) is 11.3 Å². The minimum Gasteiger partial charge on any atom is -0.497 e. The van der Waals surface area contributed by atoms with Crippen LogP contribution in [-0.4, -0.2) is 32.8 Å². The molecule has 23 heavy (non-hydrogen) atoms. The fourth-order valence-corrected chi connectivity index (χ4v) is 2.94. The number of methoxy groups -OCH3 is 1. The van der Waals surface area contributed by atoms with Crippen molar-refractivity contribution in [1.29, 1.82) is 0 Å². The molecule has 2 heterocycles. The quantitative estimate of drug-likeness (QED) is 0.777. The summed E-state index contributed by atoms with van der Waals surface area (Å²) < 4.78 is 6.61.